The summed E-state index contributed by atoms with van der Waals surface area (Å²) >= 11 is 5.26. The molecule has 2 atom stereocenters. The molecule has 0 bridgehead atoms. The van der Waals surface area contributed by atoms with E-state index in [2.05, 4.69) is 26.7 Å². The third kappa shape index (κ3) is 8.53. The van der Waals surface area contributed by atoms with E-state index in [0.717, 1.165) is 23.1 Å². The van der Waals surface area contributed by atoms with E-state index in [4.69, 9.17) is 31.2 Å². The molecule has 0 saturated carbocycles. The number of aromatic nitrogens is 2. The molecule has 1 aromatic heterocycles. The van der Waals surface area contributed by atoms with Crippen molar-refractivity contribution in [3.05, 3.63) is 126 Å². The Morgan fingerprint density at radius 3 is 2.43 bits per heavy atom. The quantitative estimate of drug-likeness (QED) is 0.106. The fraction of sp³-hybridized carbons (Fsp3) is 0.225. The number of rotatable bonds is 11. The standard InChI is InChI=1S/C40H36FN5O6S/c1-49-34-18-30-32(19-35(34)50-23-27-15-28-20-46(21-29(28)16-27)40(48)51-22-26-11-6-3-7-12-26)42-24-43-38(30)52-33-14-8-13-31(37(33)41)44-39(53)45-36(47)17-25-9-4-2-5-10-25/h2-15,18-19,24,28-29H,16-17,20-23H2,1H3,(H2,44,45,47,53). The molecule has 0 radical (unpaired) electrons. The minimum absolute atomic E-state index is 0.0141. The summed E-state index contributed by atoms with van der Waals surface area (Å²) in [7, 11) is 1.53. The van der Waals surface area contributed by atoms with Crippen molar-refractivity contribution in [1.82, 2.24) is 20.2 Å². The van der Waals surface area contributed by atoms with E-state index in [1.807, 2.05) is 60.7 Å². The Hall–Kier alpha value is -6.08. The third-order valence-corrected chi connectivity index (χ3v) is 9.31. The van der Waals surface area contributed by atoms with E-state index in [0.29, 0.717) is 48.0 Å². The van der Waals surface area contributed by atoms with Crippen LogP contribution in [0.2, 0.25) is 0 Å². The van der Waals surface area contributed by atoms with E-state index >= 15 is 4.39 Å². The zero-order valence-corrected chi connectivity index (χ0v) is 29.6. The van der Waals surface area contributed by atoms with Crippen molar-refractivity contribution in [3.63, 3.8) is 0 Å². The van der Waals surface area contributed by atoms with Gasteiger partial charge in [0.25, 0.3) is 0 Å². The predicted octanol–water partition coefficient (Wildman–Crippen LogP) is 7.22. The van der Waals surface area contributed by atoms with Crippen LogP contribution in [0.15, 0.2) is 109 Å². The largest absolute Gasteiger partial charge is 0.493 e. The Bertz CT molecular complexity index is 2170. The first kappa shape index (κ1) is 35.3. The monoisotopic (exact) mass is 733 g/mol. The molecule has 53 heavy (non-hydrogen) atoms. The number of anilines is 1. The van der Waals surface area contributed by atoms with E-state index < -0.39 is 5.82 Å². The summed E-state index contributed by atoms with van der Waals surface area (Å²) in [6.45, 7) is 1.84. The molecule has 4 aromatic carbocycles. The smallest absolute Gasteiger partial charge is 0.410 e. The second-order valence-corrected chi connectivity index (χ2v) is 13.2. The zero-order chi connectivity index (χ0) is 36.7. The fourth-order valence-electron chi connectivity index (χ4n) is 6.54. The average molecular weight is 734 g/mol. The third-order valence-electron chi connectivity index (χ3n) is 9.10. The molecule has 1 fully saturated rings. The van der Waals surface area contributed by atoms with Crippen LogP contribution in [0, 0.1) is 17.7 Å². The summed E-state index contributed by atoms with van der Waals surface area (Å²) in [5.74, 6) is 0.387. The molecule has 270 valence electrons. The highest BCUT2D eigenvalue weighted by molar-refractivity contribution is 7.80. The highest BCUT2D eigenvalue weighted by atomic mass is 32.1. The van der Waals surface area contributed by atoms with Crippen LogP contribution in [-0.4, -0.2) is 58.8 Å². The number of hydrogen-bond donors (Lipinski definition) is 2. The Morgan fingerprint density at radius 2 is 1.68 bits per heavy atom. The van der Waals surface area contributed by atoms with Gasteiger partial charge in [0.2, 0.25) is 11.8 Å². The van der Waals surface area contributed by atoms with Crippen LogP contribution in [0.1, 0.15) is 17.5 Å². The van der Waals surface area contributed by atoms with Gasteiger partial charge in [0, 0.05) is 19.2 Å². The van der Waals surface area contributed by atoms with Gasteiger partial charge >= 0.3 is 6.09 Å². The maximum atomic E-state index is 15.6. The van der Waals surface area contributed by atoms with Crippen LogP contribution in [0.5, 0.6) is 23.1 Å². The minimum atomic E-state index is -0.729. The van der Waals surface area contributed by atoms with Crippen molar-refractivity contribution >= 4 is 45.9 Å². The van der Waals surface area contributed by atoms with Gasteiger partial charge in [-0.1, -0.05) is 72.8 Å². The highest BCUT2D eigenvalue weighted by Gasteiger charge is 2.39. The van der Waals surface area contributed by atoms with Gasteiger partial charge in [0.05, 0.1) is 30.1 Å². The fourth-order valence-corrected chi connectivity index (χ4v) is 6.76. The molecule has 2 aliphatic rings. The Labute approximate surface area is 310 Å². The molecule has 1 aliphatic carbocycles. The van der Waals surface area contributed by atoms with Gasteiger partial charge in [-0.2, -0.15) is 0 Å². The van der Waals surface area contributed by atoms with Crippen molar-refractivity contribution in [2.24, 2.45) is 11.8 Å². The van der Waals surface area contributed by atoms with Crippen molar-refractivity contribution in [2.75, 3.05) is 32.1 Å². The Kier molecular flexibility index (Phi) is 10.7. The van der Waals surface area contributed by atoms with E-state index in [1.54, 1.807) is 23.1 Å². The van der Waals surface area contributed by atoms with Gasteiger partial charge < -0.3 is 34.5 Å². The molecule has 11 nitrogen and oxygen atoms in total. The van der Waals surface area contributed by atoms with Crippen LogP contribution in [0.3, 0.4) is 0 Å². The first-order valence-electron chi connectivity index (χ1n) is 17.0. The number of ether oxygens (including phenoxy) is 4. The first-order chi connectivity index (χ1) is 25.8. The summed E-state index contributed by atoms with van der Waals surface area (Å²) in [6.07, 6.45) is 4.16. The van der Waals surface area contributed by atoms with Gasteiger partial charge in [-0.25, -0.2) is 19.2 Å². The van der Waals surface area contributed by atoms with Crippen molar-refractivity contribution in [3.8, 4) is 23.1 Å². The van der Waals surface area contributed by atoms with Gasteiger partial charge in [0.15, 0.2) is 28.2 Å². The molecule has 2 unspecified atom stereocenters. The van der Waals surface area contributed by atoms with Gasteiger partial charge in [0.1, 0.15) is 19.5 Å². The lowest BCUT2D eigenvalue weighted by molar-refractivity contribution is -0.119. The topological polar surface area (TPSA) is 124 Å². The maximum Gasteiger partial charge on any atom is 0.410 e. The number of hydrogen-bond acceptors (Lipinski definition) is 9. The summed E-state index contributed by atoms with van der Waals surface area (Å²) in [6, 6.07) is 26.8. The number of fused-ring (bicyclic) bond motifs is 2. The number of amides is 2. The Balaban J connectivity index is 0.968. The van der Waals surface area contributed by atoms with Crippen LogP contribution < -0.4 is 24.8 Å². The van der Waals surface area contributed by atoms with Crippen molar-refractivity contribution in [1.29, 1.82) is 0 Å². The lowest BCUT2D eigenvalue weighted by Crippen LogP contribution is -2.35. The maximum absolute atomic E-state index is 15.6. The molecular formula is C40H36FN5O6S. The van der Waals surface area contributed by atoms with Crippen LogP contribution in [-0.2, 0) is 22.6 Å². The second-order valence-electron chi connectivity index (χ2n) is 12.8. The van der Waals surface area contributed by atoms with Crippen molar-refractivity contribution in [2.45, 2.75) is 19.4 Å². The number of benzene rings is 4. The van der Waals surface area contributed by atoms with E-state index in [9.17, 15) is 9.59 Å². The predicted molar refractivity (Wildman–Crippen MR) is 200 cm³/mol. The molecule has 2 N–H and O–H groups in total. The molecule has 2 amide bonds. The zero-order valence-electron chi connectivity index (χ0n) is 28.8. The molecular weight excluding hydrogens is 698 g/mol. The molecule has 1 aliphatic heterocycles. The molecule has 1 saturated heterocycles. The Morgan fingerprint density at radius 1 is 0.906 bits per heavy atom. The highest BCUT2D eigenvalue weighted by Crippen LogP contribution is 2.40. The lowest BCUT2D eigenvalue weighted by Gasteiger charge is -2.17. The number of likely N-dealkylation sites (tertiary alicyclic amines) is 1. The molecule has 7 rings (SSSR count). The van der Waals surface area contributed by atoms with Crippen LogP contribution in [0.4, 0.5) is 14.9 Å². The molecule has 13 heteroatoms. The summed E-state index contributed by atoms with van der Waals surface area (Å²) in [4.78, 5) is 35.5. The molecule has 2 heterocycles. The van der Waals surface area contributed by atoms with E-state index in [1.165, 1.54) is 25.6 Å². The number of carbonyl (C=O) groups is 2. The van der Waals surface area contributed by atoms with E-state index in [-0.39, 0.29) is 53.4 Å². The normalized spacial score (nSPS) is 16.0. The summed E-state index contributed by atoms with van der Waals surface area (Å²) in [5.41, 5.74) is 3.44. The van der Waals surface area contributed by atoms with Gasteiger partial charge in [-0.3, -0.25) is 4.79 Å². The average Bonchev–Trinajstić information content (AvgIpc) is 3.75. The molecule has 5 aromatic rings. The van der Waals surface area contributed by atoms with Gasteiger partial charge in [-0.15, -0.1) is 0 Å². The number of nitrogens with zero attached hydrogens (tertiary/aromatic N) is 3. The number of methoxy groups -OCH3 is 1. The summed E-state index contributed by atoms with van der Waals surface area (Å²) in [5, 5.41) is 5.73. The van der Waals surface area contributed by atoms with Crippen molar-refractivity contribution < 1.29 is 32.9 Å². The number of halogens is 1. The lowest BCUT2D eigenvalue weighted by atomic mass is 10.00. The minimum Gasteiger partial charge on any atom is -0.493 e. The number of nitrogens with one attached hydrogen (secondary N) is 2. The molecule has 0 spiro atoms. The SMILES string of the molecule is COc1cc2c(Oc3cccc(NC(=S)NC(=O)Cc4ccccc4)c3F)ncnc2cc1OCC1=CC2CN(C(=O)OCc3ccccc3)CC2C1. The summed E-state index contributed by atoms with van der Waals surface area (Å²) < 4.78 is 39.0. The van der Waals surface area contributed by atoms with Crippen LogP contribution in [0.25, 0.3) is 10.9 Å². The second kappa shape index (κ2) is 16.1. The first-order valence-corrected chi connectivity index (χ1v) is 17.5. The van der Waals surface area contributed by atoms with Gasteiger partial charge in [-0.05, 0) is 65.4 Å². The number of thiocarbonyl (C=S) groups is 1. The number of carbonyl (C=O) groups excluding carboxylic acids is 2. The van der Waals surface area contributed by atoms with Crippen LogP contribution >= 0.6 is 12.2 Å².